The number of methoxy groups -OCH3 is 2. The van der Waals surface area contributed by atoms with E-state index in [0.717, 1.165) is 24.5 Å². The molecule has 2 rings (SSSR count). The van der Waals surface area contributed by atoms with E-state index in [-0.39, 0.29) is 12.4 Å². The largest absolute Gasteiger partial charge is 0.493 e. The zero-order valence-corrected chi connectivity index (χ0v) is 10.7. The number of hydrogen-bond acceptors (Lipinski definition) is 3. The van der Waals surface area contributed by atoms with Gasteiger partial charge in [-0.25, -0.2) is 0 Å². The van der Waals surface area contributed by atoms with Crippen LogP contribution >= 0.6 is 12.4 Å². The van der Waals surface area contributed by atoms with E-state index >= 15 is 0 Å². The van der Waals surface area contributed by atoms with Crippen LogP contribution < -0.4 is 14.8 Å². The number of halogens is 1. The average Bonchev–Trinajstić information content (AvgIpc) is 2.25. The molecule has 0 spiro atoms. The van der Waals surface area contributed by atoms with Crippen LogP contribution in [-0.4, -0.2) is 27.8 Å². The van der Waals surface area contributed by atoms with E-state index < -0.39 is 0 Å². The zero-order valence-electron chi connectivity index (χ0n) is 9.87. The van der Waals surface area contributed by atoms with Gasteiger partial charge in [0.2, 0.25) is 0 Å². The van der Waals surface area contributed by atoms with Crippen LogP contribution in [0.4, 0.5) is 0 Å². The molecule has 0 saturated carbocycles. The highest BCUT2D eigenvalue weighted by Crippen LogP contribution is 2.41. The summed E-state index contributed by atoms with van der Waals surface area (Å²) in [6.07, 6.45) is 1.14. The highest BCUT2D eigenvalue weighted by atomic mass is 35.5. The molecule has 1 aromatic rings. The molecule has 0 saturated heterocycles. The van der Waals surface area contributed by atoms with Gasteiger partial charge in [0.05, 0.1) is 14.2 Å². The molecule has 3 nitrogen and oxygen atoms in total. The molecule has 0 bridgehead atoms. The Morgan fingerprint density at radius 3 is 2.44 bits per heavy atom. The van der Waals surface area contributed by atoms with Gasteiger partial charge in [-0.05, 0) is 36.7 Å². The van der Waals surface area contributed by atoms with Crippen LogP contribution in [0.1, 0.15) is 17.0 Å². The third-order valence-electron chi connectivity index (χ3n) is 3.00. The highest BCUT2D eigenvalue weighted by molar-refractivity contribution is 5.85. The first-order chi connectivity index (χ1) is 7.30. The van der Waals surface area contributed by atoms with Crippen molar-refractivity contribution < 1.29 is 9.47 Å². The summed E-state index contributed by atoms with van der Waals surface area (Å²) in [5.74, 6) is 2.29. The van der Waals surface area contributed by atoms with Crippen LogP contribution in [0, 0.1) is 0 Å². The van der Waals surface area contributed by atoms with Gasteiger partial charge in [-0.3, -0.25) is 0 Å². The smallest absolute Gasteiger partial charge is 0.161 e. The molecule has 90 valence electrons. The summed E-state index contributed by atoms with van der Waals surface area (Å²) in [5.41, 5.74) is 2.77. The quantitative estimate of drug-likeness (QED) is 0.877. The molecule has 0 radical (unpaired) electrons. The van der Waals surface area contributed by atoms with Gasteiger partial charge < -0.3 is 14.8 Å². The molecule has 1 aliphatic carbocycles. The van der Waals surface area contributed by atoms with Crippen LogP contribution in [-0.2, 0) is 6.42 Å². The monoisotopic (exact) mass is 243 g/mol. The number of hydrogen-bond donors (Lipinski definition) is 1. The lowest BCUT2D eigenvalue weighted by atomic mass is 9.77. The molecule has 1 aromatic carbocycles. The van der Waals surface area contributed by atoms with Gasteiger partial charge in [-0.1, -0.05) is 0 Å². The lowest BCUT2D eigenvalue weighted by molar-refractivity contribution is 0.352. The van der Waals surface area contributed by atoms with Crippen molar-refractivity contribution in [2.75, 3.05) is 27.8 Å². The molecule has 1 atom stereocenters. The molecular formula is C12H18ClNO2. The highest BCUT2D eigenvalue weighted by Gasteiger charge is 2.27. The fourth-order valence-corrected chi connectivity index (χ4v) is 2.17. The molecule has 0 amide bonds. The number of ether oxygens (including phenoxy) is 2. The van der Waals surface area contributed by atoms with Crippen molar-refractivity contribution in [2.24, 2.45) is 0 Å². The Kier molecular flexibility index (Phi) is 4.44. The van der Waals surface area contributed by atoms with E-state index in [1.165, 1.54) is 11.1 Å². The lowest BCUT2D eigenvalue weighted by Gasteiger charge is -2.31. The van der Waals surface area contributed by atoms with Gasteiger partial charge in [0.25, 0.3) is 0 Å². The van der Waals surface area contributed by atoms with E-state index in [9.17, 15) is 0 Å². The first-order valence-electron chi connectivity index (χ1n) is 5.19. The summed E-state index contributed by atoms with van der Waals surface area (Å²) >= 11 is 0. The standard InChI is InChI=1S/C12H17NO2.ClH/c1-13-7-9-4-8-5-11(14-2)12(15-3)6-10(8)9;/h5-6,9,13H,4,7H2,1-3H3;1H/t9-;/m0./s1. The SMILES string of the molecule is CNC[C@@H]1Cc2cc(OC)c(OC)cc21.Cl. The Labute approximate surface area is 103 Å². The second-order valence-electron chi connectivity index (χ2n) is 3.86. The molecule has 0 heterocycles. The van der Waals surface area contributed by atoms with Gasteiger partial charge in [-0.15, -0.1) is 12.4 Å². The van der Waals surface area contributed by atoms with Gasteiger partial charge in [0.1, 0.15) is 0 Å². The van der Waals surface area contributed by atoms with Crippen molar-refractivity contribution >= 4 is 12.4 Å². The first kappa shape index (κ1) is 13.1. The molecule has 0 fully saturated rings. The Morgan fingerprint density at radius 2 is 1.88 bits per heavy atom. The molecule has 16 heavy (non-hydrogen) atoms. The minimum atomic E-state index is 0. The second kappa shape index (κ2) is 5.41. The van der Waals surface area contributed by atoms with Gasteiger partial charge in [0.15, 0.2) is 11.5 Å². The molecule has 0 aliphatic heterocycles. The van der Waals surface area contributed by atoms with Crippen LogP contribution in [0.2, 0.25) is 0 Å². The lowest BCUT2D eigenvalue weighted by Crippen LogP contribution is -2.27. The maximum atomic E-state index is 5.29. The second-order valence-corrected chi connectivity index (χ2v) is 3.86. The van der Waals surface area contributed by atoms with Crippen molar-refractivity contribution in [3.8, 4) is 11.5 Å². The summed E-state index contributed by atoms with van der Waals surface area (Å²) in [6, 6.07) is 4.18. The molecular weight excluding hydrogens is 226 g/mol. The molecule has 4 heteroatoms. The van der Waals surface area contributed by atoms with Crippen LogP contribution in [0.3, 0.4) is 0 Å². The summed E-state index contributed by atoms with van der Waals surface area (Å²) < 4.78 is 10.5. The van der Waals surface area contributed by atoms with Gasteiger partial charge in [0, 0.05) is 12.5 Å². The predicted molar refractivity (Wildman–Crippen MR) is 67.2 cm³/mol. The number of rotatable bonds is 4. The van der Waals surface area contributed by atoms with E-state index in [2.05, 4.69) is 17.4 Å². The van der Waals surface area contributed by atoms with Crippen LogP contribution in [0.25, 0.3) is 0 Å². The number of nitrogens with one attached hydrogen (secondary N) is 1. The number of benzene rings is 1. The Hall–Kier alpha value is -0.930. The van der Waals surface area contributed by atoms with E-state index in [4.69, 9.17) is 9.47 Å². The first-order valence-corrected chi connectivity index (χ1v) is 5.19. The van der Waals surface area contributed by atoms with Gasteiger partial charge in [-0.2, -0.15) is 0 Å². The zero-order chi connectivity index (χ0) is 10.8. The summed E-state index contributed by atoms with van der Waals surface area (Å²) in [6.45, 7) is 1.03. The average molecular weight is 244 g/mol. The van der Waals surface area contributed by atoms with Crippen LogP contribution in [0.15, 0.2) is 12.1 Å². The fourth-order valence-electron chi connectivity index (χ4n) is 2.17. The van der Waals surface area contributed by atoms with Crippen molar-refractivity contribution in [2.45, 2.75) is 12.3 Å². The minimum Gasteiger partial charge on any atom is -0.493 e. The Bertz CT molecular complexity index is 368. The van der Waals surface area contributed by atoms with E-state index in [1.807, 2.05) is 7.05 Å². The van der Waals surface area contributed by atoms with Gasteiger partial charge >= 0.3 is 0 Å². The summed E-state index contributed by atoms with van der Waals surface area (Å²) in [7, 11) is 5.34. The minimum absolute atomic E-state index is 0. The van der Waals surface area contributed by atoms with Crippen molar-refractivity contribution in [1.29, 1.82) is 0 Å². The normalized spacial score (nSPS) is 16.8. The van der Waals surface area contributed by atoms with Crippen molar-refractivity contribution in [3.05, 3.63) is 23.3 Å². The third kappa shape index (κ3) is 2.11. The van der Waals surface area contributed by atoms with Crippen molar-refractivity contribution in [1.82, 2.24) is 5.32 Å². The van der Waals surface area contributed by atoms with Crippen molar-refractivity contribution in [3.63, 3.8) is 0 Å². The molecule has 1 aliphatic rings. The van der Waals surface area contributed by atoms with E-state index in [1.54, 1.807) is 14.2 Å². The van der Waals surface area contributed by atoms with E-state index in [0.29, 0.717) is 5.92 Å². The number of fused-ring (bicyclic) bond motifs is 1. The van der Waals surface area contributed by atoms with Crippen LogP contribution in [0.5, 0.6) is 11.5 Å². The number of likely N-dealkylation sites (N-methyl/N-ethyl adjacent to an activating group) is 1. The maximum Gasteiger partial charge on any atom is 0.161 e. The topological polar surface area (TPSA) is 30.5 Å². The summed E-state index contributed by atoms with van der Waals surface area (Å²) in [5, 5.41) is 3.20. The molecule has 0 aromatic heterocycles. The Morgan fingerprint density at radius 1 is 1.25 bits per heavy atom. The predicted octanol–water partition coefficient (Wildman–Crippen LogP) is 1.98. The molecule has 1 N–H and O–H groups in total. The maximum absolute atomic E-state index is 5.29. The summed E-state index contributed by atoms with van der Waals surface area (Å²) in [4.78, 5) is 0. The molecule has 0 unspecified atom stereocenters. The fraction of sp³-hybridized carbons (Fsp3) is 0.500. The third-order valence-corrected chi connectivity index (χ3v) is 3.00. The Balaban J connectivity index is 0.00000128.